The van der Waals surface area contributed by atoms with Gasteiger partial charge in [-0.25, -0.2) is 0 Å². The maximum Gasteiger partial charge on any atom is 0.419 e. The summed E-state index contributed by atoms with van der Waals surface area (Å²) in [6, 6.07) is 9.12. The van der Waals surface area contributed by atoms with Crippen molar-refractivity contribution in [2.75, 3.05) is 0 Å². The van der Waals surface area contributed by atoms with E-state index in [2.05, 4.69) is 15.9 Å². The second kappa shape index (κ2) is 6.02. The van der Waals surface area contributed by atoms with E-state index in [9.17, 15) is 13.2 Å². The van der Waals surface area contributed by atoms with Crippen LogP contribution >= 0.6 is 15.9 Å². The number of alkyl halides is 3. The Labute approximate surface area is 105 Å². The molecule has 0 saturated heterocycles. The molecule has 1 N–H and O–H groups in total. The minimum absolute atomic E-state index is 0.322. The van der Waals surface area contributed by atoms with Crippen molar-refractivity contribution in [1.82, 2.24) is 0 Å². The lowest BCUT2D eigenvalue weighted by Gasteiger charge is -2.12. The second-order valence-electron chi connectivity index (χ2n) is 3.27. The molecule has 1 rings (SSSR count). The molecule has 0 fully saturated rings. The first kappa shape index (κ1) is 14.0. The fraction of sp³-hybridized carbons (Fsp3) is 0.167. The summed E-state index contributed by atoms with van der Waals surface area (Å²) in [5.41, 5.74) is 0.866. The van der Waals surface area contributed by atoms with Gasteiger partial charge in [-0.1, -0.05) is 58.4 Å². The third kappa shape index (κ3) is 4.75. The number of aliphatic hydroxyl groups excluding tert-OH is 1. The average molecular weight is 307 g/mol. The predicted molar refractivity (Wildman–Crippen MR) is 64.5 cm³/mol. The quantitative estimate of drug-likeness (QED) is 0.840. The zero-order chi connectivity index (χ0) is 12.9. The van der Waals surface area contributed by atoms with Gasteiger partial charge in [-0.05, 0) is 11.6 Å². The molecule has 0 aliphatic carbocycles. The highest BCUT2D eigenvalue weighted by Crippen LogP contribution is 2.28. The van der Waals surface area contributed by atoms with Crippen molar-refractivity contribution >= 4 is 22.0 Å². The van der Waals surface area contributed by atoms with Gasteiger partial charge in [-0.15, -0.1) is 0 Å². The standard InChI is InChI=1S/C12H10BrF3O/c13-10(11(17)12(14,15)16)8-4-7-9-5-2-1-3-6-9/h1-8,11,17H/b7-4+,10-8-. The van der Waals surface area contributed by atoms with Gasteiger partial charge in [0, 0.05) is 4.48 Å². The minimum atomic E-state index is -4.66. The molecule has 17 heavy (non-hydrogen) atoms. The van der Waals surface area contributed by atoms with Gasteiger partial charge in [0.15, 0.2) is 6.10 Å². The smallest absolute Gasteiger partial charge is 0.379 e. The van der Waals surface area contributed by atoms with Crippen LogP contribution in [0.1, 0.15) is 5.56 Å². The largest absolute Gasteiger partial charge is 0.419 e. The number of allylic oxidation sites excluding steroid dienone is 2. The van der Waals surface area contributed by atoms with E-state index in [1.807, 2.05) is 30.3 Å². The first-order valence-electron chi connectivity index (χ1n) is 4.75. The van der Waals surface area contributed by atoms with Crippen LogP contribution in [0.5, 0.6) is 0 Å². The van der Waals surface area contributed by atoms with Crippen LogP contribution in [0.15, 0.2) is 47.0 Å². The number of hydrogen-bond acceptors (Lipinski definition) is 1. The van der Waals surface area contributed by atoms with E-state index in [-0.39, 0.29) is 4.48 Å². The predicted octanol–water partition coefficient (Wildman–Crippen LogP) is 3.90. The summed E-state index contributed by atoms with van der Waals surface area (Å²) in [4.78, 5) is 0. The number of rotatable bonds is 3. The fourth-order valence-electron chi connectivity index (χ4n) is 1.06. The SMILES string of the molecule is OC(/C(Br)=C/C=C/c1ccccc1)C(F)(F)F. The maximum atomic E-state index is 12.1. The van der Waals surface area contributed by atoms with Crippen molar-refractivity contribution in [3.63, 3.8) is 0 Å². The number of benzene rings is 1. The molecule has 0 saturated carbocycles. The molecule has 1 nitrogen and oxygen atoms in total. The molecule has 1 aromatic rings. The van der Waals surface area contributed by atoms with E-state index in [0.29, 0.717) is 0 Å². The molecule has 0 heterocycles. The van der Waals surface area contributed by atoms with Crippen LogP contribution in [0.3, 0.4) is 0 Å². The Morgan fingerprint density at radius 2 is 1.82 bits per heavy atom. The highest BCUT2D eigenvalue weighted by Gasteiger charge is 2.39. The molecule has 1 unspecified atom stereocenters. The van der Waals surface area contributed by atoms with Crippen LogP contribution < -0.4 is 0 Å². The fourth-order valence-corrected chi connectivity index (χ4v) is 1.47. The van der Waals surface area contributed by atoms with Gasteiger partial charge >= 0.3 is 6.18 Å². The van der Waals surface area contributed by atoms with Crippen molar-refractivity contribution in [3.8, 4) is 0 Å². The molecule has 0 amide bonds. The van der Waals surface area contributed by atoms with E-state index in [1.165, 1.54) is 12.2 Å². The van der Waals surface area contributed by atoms with Gasteiger partial charge in [0.25, 0.3) is 0 Å². The summed E-state index contributed by atoms with van der Waals surface area (Å²) in [5, 5.41) is 8.88. The number of halogens is 4. The lowest BCUT2D eigenvalue weighted by atomic mass is 10.2. The van der Waals surface area contributed by atoms with Gasteiger partial charge in [0.2, 0.25) is 0 Å². The van der Waals surface area contributed by atoms with Crippen molar-refractivity contribution in [2.24, 2.45) is 0 Å². The normalized spacial score (nSPS) is 15.2. The molecule has 1 atom stereocenters. The Morgan fingerprint density at radius 3 is 2.35 bits per heavy atom. The van der Waals surface area contributed by atoms with Gasteiger partial charge in [-0.2, -0.15) is 13.2 Å². The monoisotopic (exact) mass is 306 g/mol. The van der Waals surface area contributed by atoms with Crippen molar-refractivity contribution in [1.29, 1.82) is 0 Å². The zero-order valence-corrected chi connectivity index (χ0v) is 10.2. The first-order valence-corrected chi connectivity index (χ1v) is 5.54. The van der Waals surface area contributed by atoms with Gasteiger partial charge in [-0.3, -0.25) is 0 Å². The first-order chi connectivity index (χ1) is 7.91. The molecule has 5 heteroatoms. The second-order valence-corrected chi connectivity index (χ2v) is 4.18. The van der Waals surface area contributed by atoms with E-state index in [1.54, 1.807) is 6.08 Å². The van der Waals surface area contributed by atoms with Crippen molar-refractivity contribution in [2.45, 2.75) is 12.3 Å². The lowest BCUT2D eigenvalue weighted by Crippen LogP contribution is -2.28. The van der Waals surface area contributed by atoms with E-state index < -0.39 is 12.3 Å². The van der Waals surface area contributed by atoms with Crippen LogP contribution in [0.2, 0.25) is 0 Å². The van der Waals surface area contributed by atoms with Crippen LogP contribution in [0.4, 0.5) is 13.2 Å². The van der Waals surface area contributed by atoms with Crippen LogP contribution in [0, 0.1) is 0 Å². The third-order valence-corrected chi connectivity index (χ3v) is 2.61. The van der Waals surface area contributed by atoms with E-state index in [0.717, 1.165) is 5.56 Å². The Morgan fingerprint density at radius 1 is 1.24 bits per heavy atom. The Hall–Kier alpha value is -1.07. The van der Waals surface area contributed by atoms with Crippen molar-refractivity contribution in [3.05, 3.63) is 52.5 Å². The summed E-state index contributed by atoms with van der Waals surface area (Å²) in [6.07, 6.45) is -2.89. The summed E-state index contributed by atoms with van der Waals surface area (Å²) in [6.45, 7) is 0. The van der Waals surface area contributed by atoms with Gasteiger partial charge in [0.1, 0.15) is 0 Å². The van der Waals surface area contributed by atoms with Gasteiger partial charge in [0.05, 0.1) is 0 Å². The molecule has 92 valence electrons. The van der Waals surface area contributed by atoms with Gasteiger partial charge < -0.3 is 5.11 Å². The summed E-state index contributed by atoms with van der Waals surface area (Å²) in [7, 11) is 0. The number of aliphatic hydroxyl groups is 1. The molecule has 0 bridgehead atoms. The highest BCUT2D eigenvalue weighted by molar-refractivity contribution is 9.11. The molecule has 0 aliphatic rings. The summed E-state index contributed by atoms with van der Waals surface area (Å²) < 4.78 is 36.0. The maximum absolute atomic E-state index is 12.1. The average Bonchev–Trinajstić information content (AvgIpc) is 2.28. The Bertz CT molecular complexity index is 410. The highest BCUT2D eigenvalue weighted by atomic mass is 79.9. The summed E-state index contributed by atoms with van der Waals surface area (Å²) in [5.74, 6) is 0. The van der Waals surface area contributed by atoms with Crippen LogP contribution in [0.25, 0.3) is 6.08 Å². The molecule has 0 radical (unpaired) electrons. The molecule has 0 spiro atoms. The molecular formula is C12H10BrF3O. The third-order valence-electron chi connectivity index (χ3n) is 1.91. The topological polar surface area (TPSA) is 20.2 Å². The zero-order valence-electron chi connectivity index (χ0n) is 8.66. The molecular weight excluding hydrogens is 297 g/mol. The lowest BCUT2D eigenvalue weighted by molar-refractivity contribution is -0.188. The molecule has 0 aliphatic heterocycles. The molecule has 0 aromatic heterocycles. The number of hydrogen-bond donors (Lipinski definition) is 1. The van der Waals surface area contributed by atoms with Crippen LogP contribution in [-0.4, -0.2) is 17.4 Å². The minimum Gasteiger partial charge on any atom is -0.379 e. The van der Waals surface area contributed by atoms with E-state index in [4.69, 9.17) is 5.11 Å². The Kier molecular flexibility index (Phi) is 4.96. The van der Waals surface area contributed by atoms with Crippen LogP contribution in [-0.2, 0) is 0 Å². The molecule has 1 aromatic carbocycles. The van der Waals surface area contributed by atoms with E-state index >= 15 is 0 Å². The van der Waals surface area contributed by atoms with Crippen molar-refractivity contribution < 1.29 is 18.3 Å². The summed E-state index contributed by atoms with van der Waals surface area (Å²) >= 11 is 2.69. The Balaban J connectivity index is 2.69.